The number of nitrogens with one attached hydrogen (secondary N) is 1. The standard InChI is InChI=1S/C26H41Cl4NO3S/c1-2-3-4-5-6-7-8-9-10-11-12-13-14-15-16-17-24(32)31-25(26(28,29)30)35(33,34)23-20-18-22(27)19-21-23/h18-21,25H,2-17H2,1H3,(H,31,32)/t25-/m0/s1. The molecule has 0 aromatic heterocycles. The summed E-state index contributed by atoms with van der Waals surface area (Å²) in [6, 6.07) is 5.51. The Morgan fingerprint density at radius 3 is 1.57 bits per heavy atom. The summed E-state index contributed by atoms with van der Waals surface area (Å²) >= 11 is 23.6. The third-order valence-electron chi connectivity index (χ3n) is 6.05. The van der Waals surface area contributed by atoms with Crippen molar-refractivity contribution in [2.45, 2.75) is 124 Å². The summed E-state index contributed by atoms with van der Waals surface area (Å²) in [5.41, 5.74) is 0. The van der Waals surface area contributed by atoms with E-state index in [1.165, 1.54) is 94.9 Å². The van der Waals surface area contributed by atoms with Crippen molar-refractivity contribution in [3.63, 3.8) is 0 Å². The Bertz CT molecular complexity index is 811. The first kappa shape index (κ1) is 32.8. The van der Waals surface area contributed by atoms with Crippen LogP contribution in [0.1, 0.15) is 110 Å². The van der Waals surface area contributed by atoms with Crippen molar-refractivity contribution in [2.24, 2.45) is 0 Å². The summed E-state index contributed by atoms with van der Waals surface area (Å²) in [6.07, 6.45) is 18.6. The molecular weight excluding hydrogens is 548 g/mol. The lowest BCUT2D eigenvalue weighted by Gasteiger charge is -2.25. The molecule has 35 heavy (non-hydrogen) atoms. The van der Waals surface area contributed by atoms with Crippen LogP contribution < -0.4 is 5.32 Å². The fraction of sp³-hybridized carbons (Fsp3) is 0.731. The van der Waals surface area contributed by atoms with Gasteiger partial charge in [0, 0.05) is 11.4 Å². The van der Waals surface area contributed by atoms with Gasteiger partial charge in [0.15, 0.2) is 5.37 Å². The first-order chi connectivity index (χ1) is 16.6. The molecule has 1 N–H and O–H groups in total. The fourth-order valence-corrected chi connectivity index (χ4v) is 6.74. The molecule has 0 heterocycles. The average molecular weight is 589 g/mol. The average Bonchev–Trinajstić information content (AvgIpc) is 2.79. The SMILES string of the molecule is CCCCCCCCCCCCCCCCCC(=O)N[C@H](C(Cl)(Cl)Cl)S(=O)(=O)c1ccc(Cl)cc1. The Balaban J connectivity index is 2.22. The number of benzene rings is 1. The van der Waals surface area contributed by atoms with Gasteiger partial charge in [0.05, 0.1) is 4.90 Å². The van der Waals surface area contributed by atoms with Gasteiger partial charge in [-0.2, -0.15) is 0 Å². The molecule has 1 aromatic rings. The maximum atomic E-state index is 12.9. The Hall–Kier alpha value is -0.200. The Morgan fingerprint density at radius 1 is 0.771 bits per heavy atom. The van der Waals surface area contributed by atoms with E-state index in [0.717, 1.165) is 19.3 Å². The second-order valence-corrected chi connectivity index (χ2v) is 14.0. The Labute approximate surface area is 232 Å². The first-order valence-electron chi connectivity index (χ1n) is 12.9. The minimum atomic E-state index is -4.12. The van der Waals surface area contributed by atoms with E-state index in [1.54, 1.807) is 0 Å². The van der Waals surface area contributed by atoms with Gasteiger partial charge in [0.1, 0.15) is 0 Å². The van der Waals surface area contributed by atoms with Crippen molar-refractivity contribution in [2.75, 3.05) is 0 Å². The molecule has 0 saturated carbocycles. The fourth-order valence-electron chi connectivity index (χ4n) is 3.97. The van der Waals surface area contributed by atoms with Crippen LogP contribution in [0.3, 0.4) is 0 Å². The number of rotatable bonds is 19. The van der Waals surface area contributed by atoms with E-state index in [-0.39, 0.29) is 11.3 Å². The van der Waals surface area contributed by atoms with Crippen LogP contribution in [-0.4, -0.2) is 23.5 Å². The van der Waals surface area contributed by atoms with E-state index in [4.69, 9.17) is 46.4 Å². The lowest BCUT2D eigenvalue weighted by molar-refractivity contribution is -0.121. The molecule has 0 radical (unpaired) electrons. The number of hydrogen-bond acceptors (Lipinski definition) is 3. The van der Waals surface area contributed by atoms with Gasteiger partial charge in [-0.25, -0.2) is 8.42 Å². The highest BCUT2D eigenvalue weighted by Crippen LogP contribution is 2.36. The molecule has 1 amide bonds. The zero-order chi connectivity index (χ0) is 26.2. The molecule has 0 aliphatic rings. The van der Waals surface area contributed by atoms with Crippen LogP contribution in [0.5, 0.6) is 0 Å². The molecule has 202 valence electrons. The van der Waals surface area contributed by atoms with Crippen LogP contribution in [0.2, 0.25) is 5.02 Å². The first-order valence-corrected chi connectivity index (χ1v) is 16.0. The van der Waals surface area contributed by atoms with E-state index in [1.807, 2.05) is 0 Å². The maximum absolute atomic E-state index is 12.9. The Kier molecular flexibility index (Phi) is 17.0. The third kappa shape index (κ3) is 14.4. The molecule has 1 rings (SSSR count). The van der Waals surface area contributed by atoms with Gasteiger partial charge in [-0.05, 0) is 30.7 Å². The zero-order valence-corrected chi connectivity index (χ0v) is 24.7. The van der Waals surface area contributed by atoms with Crippen molar-refractivity contribution in [3.05, 3.63) is 29.3 Å². The van der Waals surface area contributed by atoms with Gasteiger partial charge in [-0.15, -0.1) is 0 Å². The van der Waals surface area contributed by atoms with Crippen LogP contribution in [0.4, 0.5) is 0 Å². The van der Waals surface area contributed by atoms with Crippen molar-refractivity contribution in [1.82, 2.24) is 5.32 Å². The van der Waals surface area contributed by atoms with Crippen molar-refractivity contribution >= 4 is 62.1 Å². The lowest BCUT2D eigenvalue weighted by atomic mass is 10.0. The van der Waals surface area contributed by atoms with Crippen LogP contribution in [0, 0.1) is 0 Å². The van der Waals surface area contributed by atoms with Crippen molar-refractivity contribution in [1.29, 1.82) is 0 Å². The van der Waals surface area contributed by atoms with Gasteiger partial charge >= 0.3 is 0 Å². The highest BCUT2D eigenvalue weighted by Gasteiger charge is 2.44. The normalized spacial score (nSPS) is 13.1. The second-order valence-electron chi connectivity index (χ2n) is 9.19. The quantitative estimate of drug-likeness (QED) is 0.129. The topological polar surface area (TPSA) is 63.2 Å². The predicted octanol–water partition coefficient (Wildman–Crippen LogP) is 9.19. The summed E-state index contributed by atoms with van der Waals surface area (Å²) < 4.78 is 23.6. The smallest absolute Gasteiger partial charge is 0.225 e. The lowest BCUT2D eigenvalue weighted by Crippen LogP contribution is -2.49. The number of carbonyl (C=O) groups is 1. The molecule has 0 bridgehead atoms. The van der Waals surface area contributed by atoms with Gasteiger partial charge in [-0.3, -0.25) is 4.79 Å². The molecule has 1 atom stereocenters. The van der Waals surface area contributed by atoms with Crippen molar-refractivity contribution < 1.29 is 13.2 Å². The number of amides is 1. The zero-order valence-electron chi connectivity index (χ0n) is 20.8. The van der Waals surface area contributed by atoms with Crippen LogP contribution >= 0.6 is 46.4 Å². The second kappa shape index (κ2) is 18.1. The summed E-state index contributed by atoms with van der Waals surface area (Å²) in [4.78, 5) is 12.3. The van der Waals surface area contributed by atoms with E-state index in [0.29, 0.717) is 11.4 Å². The van der Waals surface area contributed by atoms with Gasteiger partial charge in [0.25, 0.3) is 0 Å². The van der Waals surface area contributed by atoms with Gasteiger partial charge < -0.3 is 5.32 Å². The molecule has 4 nitrogen and oxygen atoms in total. The Morgan fingerprint density at radius 2 is 1.17 bits per heavy atom. The monoisotopic (exact) mass is 587 g/mol. The molecule has 0 fully saturated rings. The summed E-state index contributed by atoms with van der Waals surface area (Å²) in [7, 11) is -4.12. The number of unbranched alkanes of at least 4 members (excludes halogenated alkanes) is 14. The van der Waals surface area contributed by atoms with E-state index >= 15 is 0 Å². The van der Waals surface area contributed by atoms with E-state index < -0.39 is 24.9 Å². The third-order valence-corrected chi connectivity index (χ3v) is 9.37. The van der Waals surface area contributed by atoms with Gasteiger partial charge in [0.2, 0.25) is 19.5 Å². The summed E-state index contributed by atoms with van der Waals surface area (Å²) in [5.74, 6) is -0.450. The highest BCUT2D eigenvalue weighted by molar-refractivity contribution is 7.92. The van der Waals surface area contributed by atoms with E-state index in [2.05, 4.69) is 12.2 Å². The number of sulfone groups is 1. The minimum absolute atomic E-state index is 0.0782. The maximum Gasteiger partial charge on any atom is 0.225 e. The molecule has 9 heteroatoms. The number of carbonyl (C=O) groups excluding carboxylic acids is 1. The minimum Gasteiger partial charge on any atom is -0.336 e. The number of halogens is 4. The van der Waals surface area contributed by atoms with Gasteiger partial charge in [-0.1, -0.05) is 143 Å². The molecule has 0 aliphatic carbocycles. The highest BCUT2D eigenvalue weighted by atomic mass is 35.6. The molecule has 0 unspecified atom stereocenters. The molecule has 0 aliphatic heterocycles. The molecule has 1 aromatic carbocycles. The van der Waals surface area contributed by atoms with Crippen LogP contribution in [-0.2, 0) is 14.6 Å². The molecular formula is C26H41Cl4NO3S. The van der Waals surface area contributed by atoms with Crippen LogP contribution in [0.15, 0.2) is 29.2 Å². The summed E-state index contributed by atoms with van der Waals surface area (Å²) in [5, 5.41) is 1.10. The number of hydrogen-bond donors (Lipinski definition) is 1. The predicted molar refractivity (Wildman–Crippen MR) is 150 cm³/mol. The molecule has 0 saturated heterocycles. The summed E-state index contributed by atoms with van der Waals surface area (Å²) in [6.45, 7) is 2.25. The number of alkyl halides is 3. The van der Waals surface area contributed by atoms with E-state index in [9.17, 15) is 13.2 Å². The van der Waals surface area contributed by atoms with Crippen LogP contribution in [0.25, 0.3) is 0 Å². The molecule has 0 spiro atoms. The van der Waals surface area contributed by atoms with Crippen molar-refractivity contribution in [3.8, 4) is 0 Å². The largest absolute Gasteiger partial charge is 0.336 e.